The normalized spacial score (nSPS) is 35.0. The lowest BCUT2D eigenvalue weighted by Crippen LogP contribution is -2.40. The zero-order valence-electron chi connectivity index (χ0n) is 11.9. The topological polar surface area (TPSA) is 70.2 Å². The van der Waals surface area contributed by atoms with Crippen molar-refractivity contribution in [3.63, 3.8) is 0 Å². The van der Waals surface area contributed by atoms with E-state index in [0.717, 1.165) is 50.8 Å². The molecular formula is C15H25N3O2. The van der Waals surface area contributed by atoms with Crippen molar-refractivity contribution in [1.29, 1.82) is 0 Å². The van der Waals surface area contributed by atoms with Crippen LogP contribution in [0.3, 0.4) is 0 Å². The van der Waals surface area contributed by atoms with Crippen LogP contribution in [0, 0.1) is 5.92 Å². The number of H-pyrrole nitrogens is 1. The van der Waals surface area contributed by atoms with E-state index in [1.54, 1.807) is 0 Å². The summed E-state index contributed by atoms with van der Waals surface area (Å²) in [5, 5.41) is 20.2. The Balaban J connectivity index is 1.52. The van der Waals surface area contributed by atoms with Gasteiger partial charge < -0.3 is 15.2 Å². The lowest BCUT2D eigenvalue weighted by atomic mass is 9.89. The highest BCUT2D eigenvalue weighted by Gasteiger charge is 2.29. The molecule has 3 N–H and O–H groups in total. The van der Waals surface area contributed by atoms with E-state index in [-0.39, 0.29) is 12.2 Å². The summed E-state index contributed by atoms with van der Waals surface area (Å²) >= 11 is 0. The van der Waals surface area contributed by atoms with E-state index in [1.807, 2.05) is 12.4 Å². The number of aliphatic hydroxyl groups excluding tert-OH is 1. The van der Waals surface area contributed by atoms with Crippen molar-refractivity contribution in [2.24, 2.45) is 5.92 Å². The third-order valence-corrected chi connectivity index (χ3v) is 4.66. The van der Waals surface area contributed by atoms with Gasteiger partial charge >= 0.3 is 0 Å². The number of aliphatic hydroxyl groups is 1. The van der Waals surface area contributed by atoms with Crippen molar-refractivity contribution < 1.29 is 9.84 Å². The third-order valence-electron chi connectivity index (χ3n) is 4.66. The Morgan fingerprint density at radius 3 is 2.90 bits per heavy atom. The molecule has 1 saturated carbocycles. The molecule has 0 unspecified atom stereocenters. The van der Waals surface area contributed by atoms with Crippen LogP contribution in [0.5, 0.6) is 0 Å². The van der Waals surface area contributed by atoms with E-state index >= 15 is 0 Å². The number of ether oxygens (including phenoxy) is 1. The highest BCUT2D eigenvalue weighted by molar-refractivity contribution is 5.09. The number of nitrogens with one attached hydrogen (secondary N) is 2. The van der Waals surface area contributed by atoms with Gasteiger partial charge in [-0.1, -0.05) is 0 Å². The minimum atomic E-state index is -0.0789. The van der Waals surface area contributed by atoms with Crippen LogP contribution in [0.25, 0.3) is 0 Å². The van der Waals surface area contributed by atoms with Crippen molar-refractivity contribution in [3.8, 4) is 0 Å². The van der Waals surface area contributed by atoms with Gasteiger partial charge in [0.05, 0.1) is 18.4 Å². The molecule has 112 valence electrons. The molecule has 0 amide bonds. The Bertz CT molecular complexity index is 388. The first-order valence-corrected chi connectivity index (χ1v) is 7.84. The highest BCUT2D eigenvalue weighted by Crippen LogP contribution is 2.33. The van der Waals surface area contributed by atoms with Gasteiger partial charge in [-0.25, -0.2) is 0 Å². The molecule has 0 radical (unpaired) electrons. The van der Waals surface area contributed by atoms with Crippen molar-refractivity contribution in [1.82, 2.24) is 15.5 Å². The van der Waals surface area contributed by atoms with E-state index in [9.17, 15) is 5.11 Å². The molecule has 1 aromatic rings. The fourth-order valence-electron chi connectivity index (χ4n) is 3.44. The smallest absolute Gasteiger partial charge is 0.0895 e. The van der Waals surface area contributed by atoms with Crippen LogP contribution in [0.1, 0.15) is 50.2 Å². The maximum atomic E-state index is 9.55. The molecule has 1 saturated heterocycles. The fourth-order valence-corrected chi connectivity index (χ4v) is 3.44. The molecule has 2 atom stereocenters. The van der Waals surface area contributed by atoms with Gasteiger partial charge in [0, 0.05) is 36.9 Å². The zero-order valence-corrected chi connectivity index (χ0v) is 11.9. The van der Waals surface area contributed by atoms with Crippen LogP contribution >= 0.6 is 0 Å². The molecule has 2 heterocycles. The molecule has 1 aromatic heterocycles. The highest BCUT2D eigenvalue weighted by atomic mass is 16.5. The summed E-state index contributed by atoms with van der Waals surface area (Å²) in [7, 11) is 0. The Labute approximate surface area is 120 Å². The molecule has 1 aliphatic heterocycles. The quantitative estimate of drug-likeness (QED) is 0.785. The zero-order chi connectivity index (χ0) is 13.8. The standard InChI is InChI=1S/C15H25N3O2/c19-14-5-3-13(4-6-14)16-8-11-2-1-7-20-15(11)12-9-17-18-10-12/h9-11,13-16,19H,1-8H2,(H,17,18)/t11-,13?,14?,15+/m0/s1. The SMILES string of the molecule is OC1CCC(NC[C@@H]2CCCO[C@H]2c2cn[nH]c2)CC1. The number of nitrogens with zero attached hydrogens (tertiary/aromatic N) is 1. The summed E-state index contributed by atoms with van der Waals surface area (Å²) < 4.78 is 5.95. The third kappa shape index (κ3) is 3.40. The van der Waals surface area contributed by atoms with E-state index in [4.69, 9.17) is 4.74 Å². The van der Waals surface area contributed by atoms with E-state index < -0.39 is 0 Å². The maximum Gasteiger partial charge on any atom is 0.0895 e. The van der Waals surface area contributed by atoms with Gasteiger partial charge in [-0.2, -0.15) is 5.10 Å². The van der Waals surface area contributed by atoms with E-state index in [2.05, 4.69) is 15.5 Å². The van der Waals surface area contributed by atoms with Crippen LogP contribution in [0.15, 0.2) is 12.4 Å². The van der Waals surface area contributed by atoms with Crippen molar-refractivity contribution >= 4 is 0 Å². The molecule has 3 rings (SSSR count). The van der Waals surface area contributed by atoms with Crippen LogP contribution in [0.4, 0.5) is 0 Å². The van der Waals surface area contributed by atoms with Gasteiger partial charge in [-0.15, -0.1) is 0 Å². The molecule has 2 fully saturated rings. The van der Waals surface area contributed by atoms with Crippen LogP contribution < -0.4 is 5.32 Å². The average Bonchev–Trinajstić information content (AvgIpc) is 3.01. The number of aromatic amines is 1. The summed E-state index contributed by atoms with van der Waals surface area (Å²) in [6.45, 7) is 1.85. The summed E-state index contributed by atoms with van der Waals surface area (Å²) in [5.74, 6) is 0.521. The number of hydrogen-bond donors (Lipinski definition) is 3. The second kappa shape index (κ2) is 6.70. The number of hydrogen-bond acceptors (Lipinski definition) is 4. The first kappa shape index (κ1) is 14.0. The summed E-state index contributed by atoms with van der Waals surface area (Å²) in [6.07, 6.45) is 10.3. The molecule has 2 aliphatic rings. The second-order valence-electron chi connectivity index (χ2n) is 6.14. The second-order valence-corrected chi connectivity index (χ2v) is 6.14. The first-order valence-electron chi connectivity index (χ1n) is 7.84. The minimum absolute atomic E-state index is 0.0789. The minimum Gasteiger partial charge on any atom is -0.393 e. The van der Waals surface area contributed by atoms with E-state index in [1.165, 1.54) is 6.42 Å². The van der Waals surface area contributed by atoms with Crippen molar-refractivity contribution in [3.05, 3.63) is 18.0 Å². The van der Waals surface area contributed by atoms with E-state index in [0.29, 0.717) is 12.0 Å². The monoisotopic (exact) mass is 279 g/mol. The molecule has 20 heavy (non-hydrogen) atoms. The van der Waals surface area contributed by atoms with Gasteiger partial charge in [-0.05, 0) is 38.5 Å². The lowest BCUT2D eigenvalue weighted by Gasteiger charge is -2.34. The Morgan fingerprint density at radius 2 is 2.15 bits per heavy atom. The van der Waals surface area contributed by atoms with Gasteiger partial charge in [0.15, 0.2) is 0 Å². The molecule has 0 bridgehead atoms. The maximum absolute atomic E-state index is 9.55. The fraction of sp³-hybridized carbons (Fsp3) is 0.800. The molecular weight excluding hydrogens is 254 g/mol. The molecule has 1 aliphatic carbocycles. The Kier molecular flexibility index (Phi) is 4.70. The summed E-state index contributed by atoms with van der Waals surface area (Å²) in [5.41, 5.74) is 1.16. The predicted octanol–water partition coefficient (Wildman–Crippen LogP) is 1.77. The summed E-state index contributed by atoms with van der Waals surface area (Å²) in [6, 6.07) is 0.560. The first-order chi connectivity index (χ1) is 9.83. The van der Waals surface area contributed by atoms with Gasteiger partial charge in [0.1, 0.15) is 0 Å². The molecule has 0 spiro atoms. The molecule has 0 aromatic carbocycles. The number of rotatable bonds is 4. The summed E-state index contributed by atoms with van der Waals surface area (Å²) in [4.78, 5) is 0. The Morgan fingerprint density at radius 1 is 1.30 bits per heavy atom. The molecule has 5 heteroatoms. The van der Waals surface area contributed by atoms with Crippen LogP contribution in [-0.2, 0) is 4.74 Å². The number of aromatic nitrogens is 2. The predicted molar refractivity (Wildman–Crippen MR) is 76.3 cm³/mol. The largest absolute Gasteiger partial charge is 0.393 e. The van der Waals surface area contributed by atoms with Gasteiger partial charge in [-0.3, -0.25) is 5.10 Å². The van der Waals surface area contributed by atoms with Crippen molar-refractivity contribution in [2.45, 2.75) is 56.8 Å². The van der Waals surface area contributed by atoms with Crippen LogP contribution in [0.2, 0.25) is 0 Å². The van der Waals surface area contributed by atoms with Crippen LogP contribution in [-0.4, -0.2) is 40.6 Å². The van der Waals surface area contributed by atoms with Gasteiger partial charge in [0.25, 0.3) is 0 Å². The van der Waals surface area contributed by atoms with Gasteiger partial charge in [0.2, 0.25) is 0 Å². The lowest BCUT2D eigenvalue weighted by molar-refractivity contribution is -0.0291. The van der Waals surface area contributed by atoms with Crippen molar-refractivity contribution in [2.75, 3.05) is 13.2 Å². The molecule has 5 nitrogen and oxygen atoms in total. The Hall–Kier alpha value is -0.910. The average molecular weight is 279 g/mol.